The molecular formula is C54H36. The molecule has 0 radical (unpaired) electrons. The highest BCUT2D eigenvalue weighted by molar-refractivity contribution is 6.15. The Morgan fingerprint density at radius 1 is 0.426 bits per heavy atom. The van der Waals surface area contributed by atoms with E-state index < -0.39 is 0 Å². The Kier molecular flexibility index (Phi) is 7.10. The topological polar surface area (TPSA) is 0 Å². The van der Waals surface area contributed by atoms with Gasteiger partial charge in [0.15, 0.2) is 0 Å². The van der Waals surface area contributed by atoms with E-state index in [1.54, 1.807) is 0 Å². The summed E-state index contributed by atoms with van der Waals surface area (Å²) in [6.45, 7) is 0. The highest BCUT2D eigenvalue weighted by Gasteiger charge is 2.35. The second-order valence-corrected chi connectivity index (χ2v) is 14.8. The van der Waals surface area contributed by atoms with Crippen LogP contribution < -0.4 is 0 Å². The van der Waals surface area contributed by atoms with Gasteiger partial charge in [-0.15, -0.1) is 0 Å². The van der Waals surface area contributed by atoms with Crippen LogP contribution in [0.15, 0.2) is 199 Å². The summed E-state index contributed by atoms with van der Waals surface area (Å²) < 4.78 is 0. The third-order valence-electron chi connectivity index (χ3n) is 11.8. The number of fused-ring (bicyclic) bond motifs is 3. The molecule has 0 aliphatic heterocycles. The third-order valence-corrected chi connectivity index (χ3v) is 11.8. The second-order valence-electron chi connectivity index (χ2n) is 14.8. The van der Waals surface area contributed by atoms with Crippen LogP contribution in [0.25, 0.3) is 72.8 Å². The average Bonchev–Trinajstić information content (AvgIpc) is 3.24. The van der Waals surface area contributed by atoms with Crippen LogP contribution >= 0.6 is 0 Å². The van der Waals surface area contributed by atoms with Crippen molar-refractivity contribution >= 4 is 50.5 Å². The van der Waals surface area contributed by atoms with E-state index in [0.717, 1.165) is 0 Å². The van der Waals surface area contributed by atoms with Gasteiger partial charge in [-0.05, 0) is 105 Å². The van der Waals surface area contributed by atoms with Crippen LogP contribution in [0.4, 0.5) is 0 Å². The fourth-order valence-corrected chi connectivity index (χ4v) is 9.27. The van der Waals surface area contributed by atoms with E-state index in [-0.39, 0.29) is 5.92 Å². The van der Waals surface area contributed by atoms with Gasteiger partial charge in [-0.25, -0.2) is 0 Å². The van der Waals surface area contributed by atoms with Crippen LogP contribution in [-0.4, -0.2) is 0 Å². The smallest absolute Gasteiger partial charge is 0.0346 e. The van der Waals surface area contributed by atoms with Gasteiger partial charge in [-0.1, -0.05) is 200 Å². The van der Waals surface area contributed by atoms with Crippen molar-refractivity contribution in [3.63, 3.8) is 0 Å². The molecule has 2 atom stereocenters. The van der Waals surface area contributed by atoms with Gasteiger partial charge in [0.25, 0.3) is 0 Å². The number of hydrogen-bond acceptors (Lipinski definition) is 0. The standard InChI is InChI=1S/C54H36/c1-2-10-42-33-43(32-29-37(42)9-1)38-25-21-35(22-26-38)19-20-36-23-27-41(28-24-36)52-45-14-3-5-16-47(45)54(48-17-6-4-15-46(48)52)50-34-44-13-7-11-39-30-31-40-12-8-18-49(50)53(40)51(39)44/h1-34,50-51H. The van der Waals surface area contributed by atoms with Crippen molar-refractivity contribution in [1.29, 1.82) is 0 Å². The van der Waals surface area contributed by atoms with Crippen LogP contribution in [0.1, 0.15) is 45.2 Å². The zero-order chi connectivity index (χ0) is 35.6. The first-order chi connectivity index (χ1) is 26.8. The predicted octanol–water partition coefficient (Wildman–Crippen LogP) is 14.3. The molecule has 3 aliphatic carbocycles. The fourth-order valence-electron chi connectivity index (χ4n) is 9.27. The first-order valence-electron chi connectivity index (χ1n) is 19.0. The lowest BCUT2D eigenvalue weighted by atomic mass is 9.66. The molecule has 0 N–H and O–H groups in total. The van der Waals surface area contributed by atoms with Crippen molar-refractivity contribution in [3.05, 3.63) is 233 Å². The molecule has 8 aromatic rings. The first-order valence-corrected chi connectivity index (χ1v) is 19.0. The van der Waals surface area contributed by atoms with E-state index in [0.29, 0.717) is 5.92 Å². The molecule has 11 rings (SSSR count). The molecule has 0 heterocycles. The van der Waals surface area contributed by atoms with Gasteiger partial charge in [0.1, 0.15) is 0 Å². The molecular weight excluding hydrogens is 649 g/mol. The molecule has 252 valence electrons. The molecule has 0 spiro atoms. The highest BCUT2D eigenvalue weighted by atomic mass is 14.4. The SMILES string of the molecule is C1=CC2=CC(c3c4ccccc4c(-c4ccc(C=Cc5ccc(-c6ccc7ccccc7c6)cc5)cc4)c4ccccc34)c3cccc4c3C2C(=C1)C=C4. The summed E-state index contributed by atoms with van der Waals surface area (Å²) in [4.78, 5) is 0. The van der Waals surface area contributed by atoms with Crippen LogP contribution in [0, 0.1) is 0 Å². The van der Waals surface area contributed by atoms with Gasteiger partial charge >= 0.3 is 0 Å². The minimum absolute atomic E-state index is 0.153. The van der Waals surface area contributed by atoms with Crippen LogP contribution in [-0.2, 0) is 0 Å². The second kappa shape index (κ2) is 12.4. The van der Waals surface area contributed by atoms with Crippen LogP contribution in [0.3, 0.4) is 0 Å². The minimum atomic E-state index is 0.153. The minimum Gasteiger partial charge on any atom is -0.0684 e. The molecule has 2 unspecified atom stereocenters. The van der Waals surface area contributed by atoms with Crippen molar-refractivity contribution in [2.45, 2.75) is 11.8 Å². The number of hydrogen-bond donors (Lipinski definition) is 0. The van der Waals surface area contributed by atoms with Gasteiger partial charge in [-0.3, -0.25) is 0 Å². The van der Waals surface area contributed by atoms with E-state index in [1.807, 2.05) is 0 Å². The zero-order valence-corrected chi connectivity index (χ0v) is 29.8. The summed E-state index contributed by atoms with van der Waals surface area (Å²) in [6, 6.07) is 58.2. The molecule has 0 nitrogen and oxygen atoms in total. The number of rotatable bonds is 5. The maximum Gasteiger partial charge on any atom is 0.0346 e. The molecule has 0 saturated heterocycles. The van der Waals surface area contributed by atoms with Gasteiger partial charge in [0.05, 0.1) is 0 Å². The summed E-state index contributed by atoms with van der Waals surface area (Å²) >= 11 is 0. The van der Waals surface area contributed by atoms with E-state index in [4.69, 9.17) is 0 Å². The summed E-state index contributed by atoms with van der Waals surface area (Å²) in [7, 11) is 0. The molecule has 3 aliphatic rings. The Labute approximate surface area is 316 Å². The largest absolute Gasteiger partial charge is 0.0684 e. The molecule has 8 aromatic carbocycles. The lowest BCUT2D eigenvalue weighted by molar-refractivity contribution is 0.849. The number of allylic oxidation sites excluding steroid dienone is 7. The van der Waals surface area contributed by atoms with Crippen molar-refractivity contribution in [3.8, 4) is 22.3 Å². The first kappa shape index (κ1) is 30.8. The predicted molar refractivity (Wildman–Crippen MR) is 231 cm³/mol. The Hall–Kier alpha value is -6.76. The van der Waals surface area contributed by atoms with E-state index >= 15 is 0 Å². The van der Waals surface area contributed by atoms with Crippen LogP contribution in [0.2, 0.25) is 0 Å². The lowest BCUT2D eigenvalue weighted by Gasteiger charge is -2.37. The summed E-state index contributed by atoms with van der Waals surface area (Å²) in [5.74, 6) is 0.473. The van der Waals surface area contributed by atoms with E-state index in [2.05, 4.69) is 206 Å². The molecule has 0 heteroatoms. The lowest BCUT2D eigenvalue weighted by Crippen LogP contribution is -2.20. The molecule has 0 saturated carbocycles. The Morgan fingerprint density at radius 3 is 1.78 bits per heavy atom. The maximum absolute atomic E-state index is 2.55. The fraction of sp³-hybridized carbons (Fsp3) is 0.0370. The van der Waals surface area contributed by atoms with E-state index in [1.165, 1.54) is 99.1 Å². The number of benzene rings is 8. The van der Waals surface area contributed by atoms with Gasteiger partial charge < -0.3 is 0 Å². The van der Waals surface area contributed by atoms with Crippen molar-refractivity contribution < 1.29 is 0 Å². The van der Waals surface area contributed by atoms with E-state index in [9.17, 15) is 0 Å². The summed E-state index contributed by atoms with van der Waals surface area (Å²) in [6.07, 6.45) is 18.4. The van der Waals surface area contributed by atoms with Crippen LogP contribution in [0.5, 0.6) is 0 Å². The third kappa shape index (κ3) is 4.99. The van der Waals surface area contributed by atoms with Crippen molar-refractivity contribution in [1.82, 2.24) is 0 Å². The molecule has 0 fully saturated rings. The zero-order valence-electron chi connectivity index (χ0n) is 29.8. The normalized spacial score (nSPS) is 16.9. The highest BCUT2D eigenvalue weighted by Crippen LogP contribution is 2.53. The van der Waals surface area contributed by atoms with Gasteiger partial charge in [0.2, 0.25) is 0 Å². The van der Waals surface area contributed by atoms with Crippen molar-refractivity contribution in [2.24, 2.45) is 0 Å². The summed E-state index contributed by atoms with van der Waals surface area (Å²) in [5.41, 5.74) is 15.8. The Morgan fingerprint density at radius 2 is 1.06 bits per heavy atom. The van der Waals surface area contributed by atoms with Gasteiger partial charge in [0, 0.05) is 11.8 Å². The van der Waals surface area contributed by atoms with Crippen molar-refractivity contribution in [2.75, 3.05) is 0 Å². The molecule has 54 heavy (non-hydrogen) atoms. The maximum atomic E-state index is 2.55. The summed E-state index contributed by atoms with van der Waals surface area (Å²) in [5, 5.41) is 7.78. The average molecular weight is 685 g/mol. The monoisotopic (exact) mass is 684 g/mol. The molecule has 0 amide bonds. The Bertz CT molecular complexity index is 2900. The molecule has 0 aromatic heterocycles. The quantitative estimate of drug-likeness (QED) is 0.125. The Balaban J connectivity index is 0.961. The van der Waals surface area contributed by atoms with Gasteiger partial charge in [-0.2, -0.15) is 0 Å². The molecule has 0 bridgehead atoms.